The number of hydrogen-bond acceptors (Lipinski definition) is 3. The zero-order valence-corrected chi connectivity index (χ0v) is 15.6. The lowest BCUT2D eigenvalue weighted by Crippen LogP contribution is -2.44. The van der Waals surface area contributed by atoms with Gasteiger partial charge in [0.05, 0.1) is 6.61 Å². The van der Waals surface area contributed by atoms with Crippen LogP contribution >= 0.6 is 0 Å². The summed E-state index contributed by atoms with van der Waals surface area (Å²) >= 11 is 0. The molecule has 0 aromatic heterocycles. The SMILES string of the molecule is Cc1ccc(OCCCN2CCN(C)CC2)c(Cc2ccccc2)c1. The molecule has 3 rings (SSSR count). The Bertz CT molecular complexity index is 648. The highest BCUT2D eigenvalue weighted by atomic mass is 16.5. The van der Waals surface area contributed by atoms with Crippen molar-refractivity contribution >= 4 is 0 Å². The summed E-state index contributed by atoms with van der Waals surface area (Å²) in [5, 5.41) is 0. The third-order valence-corrected chi connectivity index (χ3v) is 4.93. The average molecular weight is 338 g/mol. The molecule has 1 aliphatic heterocycles. The molecule has 0 radical (unpaired) electrons. The van der Waals surface area contributed by atoms with Crippen molar-refractivity contribution in [1.82, 2.24) is 9.80 Å². The summed E-state index contributed by atoms with van der Waals surface area (Å²) in [4.78, 5) is 4.94. The molecule has 2 aromatic rings. The number of nitrogens with zero attached hydrogens (tertiary/aromatic N) is 2. The highest BCUT2D eigenvalue weighted by Gasteiger charge is 2.13. The predicted molar refractivity (Wildman–Crippen MR) is 104 cm³/mol. The van der Waals surface area contributed by atoms with Crippen LogP contribution in [0.3, 0.4) is 0 Å². The lowest BCUT2D eigenvalue weighted by atomic mass is 10.0. The minimum absolute atomic E-state index is 0.789. The molecule has 0 saturated carbocycles. The maximum absolute atomic E-state index is 6.14. The highest BCUT2D eigenvalue weighted by molar-refractivity contribution is 5.40. The zero-order chi connectivity index (χ0) is 17.5. The van der Waals surface area contributed by atoms with Crippen LogP contribution in [-0.2, 0) is 6.42 Å². The van der Waals surface area contributed by atoms with E-state index in [-0.39, 0.29) is 0 Å². The Morgan fingerprint density at radius 1 is 0.960 bits per heavy atom. The summed E-state index contributed by atoms with van der Waals surface area (Å²) in [6.45, 7) is 8.79. The lowest BCUT2D eigenvalue weighted by molar-refractivity contribution is 0.145. The molecule has 1 heterocycles. The lowest BCUT2D eigenvalue weighted by Gasteiger charge is -2.32. The van der Waals surface area contributed by atoms with Gasteiger partial charge in [-0.05, 0) is 37.6 Å². The summed E-state index contributed by atoms with van der Waals surface area (Å²) in [6.07, 6.45) is 2.01. The van der Waals surface area contributed by atoms with Crippen molar-refractivity contribution in [3.05, 3.63) is 65.2 Å². The van der Waals surface area contributed by atoms with E-state index in [1.165, 1.54) is 42.9 Å². The van der Waals surface area contributed by atoms with Crippen LogP contribution in [0.5, 0.6) is 5.75 Å². The fourth-order valence-electron chi connectivity index (χ4n) is 3.34. The van der Waals surface area contributed by atoms with Crippen molar-refractivity contribution in [3.63, 3.8) is 0 Å². The van der Waals surface area contributed by atoms with Crippen molar-refractivity contribution in [1.29, 1.82) is 0 Å². The minimum atomic E-state index is 0.789. The molecule has 0 aliphatic carbocycles. The van der Waals surface area contributed by atoms with E-state index in [0.717, 1.165) is 31.7 Å². The van der Waals surface area contributed by atoms with Crippen LogP contribution in [0.1, 0.15) is 23.1 Å². The highest BCUT2D eigenvalue weighted by Crippen LogP contribution is 2.23. The zero-order valence-electron chi connectivity index (χ0n) is 15.6. The van der Waals surface area contributed by atoms with Gasteiger partial charge in [0.1, 0.15) is 5.75 Å². The Hall–Kier alpha value is -1.84. The second kappa shape index (κ2) is 9.02. The van der Waals surface area contributed by atoms with E-state index < -0.39 is 0 Å². The molecule has 0 bridgehead atoms. The molecule has 2 aromatic carbocycles. The smallest absolute Gasteiger partial charge is 0.122 e. The molecule has 0 amide bonds. The molecule has 0 unspecified atom stereocenters. The number of aryl methyl sites for hydroxylation is 1. The van der Waals surface area contributed by atoms with Gasteiger partial charge in [-0.3, -0.25) is 0 Å². The largest absolute Gasteiger partial charge is 0.493 e. The van der Waals surface area contributed by atoms with Crippen LogP contribution in [0.25, 0.3) is 0 Å². The van der Waals surface area contributed by atoms with Crippen LogP contribution < -0.4 is 4.74 Å². The number of likely N-dealkylation sites (N-methyl/N-ethyl adjacent to an activating group) is 1. The number of hydrogen-bond donors (Lipinski definition) is 0. The van der Waals surface area contributed by atoms with E-state index >= 15 is 0 Å². The topological polar surface area (TPSA) is 15.7 Å². The molecule has 3 heteroatoms. The Morgan fingerprint density at radius 3 is 2.48 bits per heavy atom. The van der Waals surface area contributed by atoms with Crippen LogP contribution in [0.4, 0.5) is 0 Å². The summed E-state index contributed by atoms with van der Waals surface area (Å²) in [6, 6.07) is 17.1. The number of piperazine rings is 1. The summed E-state index contributed by atoms with van der Waals surface area (Å²) in [7, 11) is 2.20. The third-order valence-electron chi connectivity index (χ3n) is 4.93. The average Bonchev–Trinajstić information content (AvgIpc) is 2.63. The predicted octanol–water partition coefficient (Wildman–Crippen LogP) is 3.60. The van der Waals surface area contributed by atoms with Crippen LogP contribution in [-0.4, -0.2) is 56.2 Å². The monoisotopic (exact) mass is 338 g/mol. The molecule has 134 valence electrons. The van der Waals surface area contributed by atoms with Crippen LogP contribution in [0.2, 0.25) is 0 Å². The molecular formula is C22H30N2O. The first kappa shape index (κ1) is 18.0. The molecule has 1 aliphatic rings. The van der Waals surface area contributed by atoms with Gasteiger partial charge in [0, 0.05) is 39.1 Å². The first-order valence-corrected chi connectivity index (χ1v) is 9.38. The molecule has 0 N–H and O–H groups in total. The third kappa shape index (κ3) is 5.58. The van der Waals surface area contributed by atoms with Crippen molar-refractivity contribution < 1.29 is 4.74 Å². The normalized spacial score (nSPS) is 16.1. The molecule has 0 atom stereocenters. The van der Waals surface area contributed by atoms with Gasteiger partial charge < -0.3 is 14.5 Å². The fourth-order valence-corrected chi connectivity index (χ4v) is 3.34. The van der Waals surface area contributed by atoms with Gasteiger partial charge in [-0.15, -0.1) is 0 Å². The maximum Gasteiger partial charge on any atom is 0.122 e. The Balaban J connectivity index is 1.51. The minimum Gasteiger partial charge on any atom is -0.493 e. The second-order valence-electron chi connectivity index (χ2n) is 7.12. The standard InChI is InChI=1S/C22H30N2O/c1-19-9-10-22(21(17-19)18-20-7-4-3-5-8-20)25-16-6-11-24-14-12-23(2)13-15-24/h3-5,7-10,17H,6,11-16,18H2,1-2H3. The van der Waals surface area contributed by atoms with E-state index in [1.54, 1.807) is 0 Å². The first-order valence-electron chi connectivity index (χ1n) is 9.38. The Morgan fingerprint density at radius 2 is 1.72 bits per heavy atom. The molecule has 0 spiro atoms. The number of rotatable bonds is 7. The first-order chi connectivity index (χ1) is 12.2. The quantitative estimate of drug-likeness (QED) is 0.718. The maximum atomic E-state index is 6.14. The van der Waals surface area contributed by atoms with E-state index in [1.807, 2.05) is 0 Å². The van der Waals surface area contributed by atoms with Gasteiger partial charge in [-0.1, -0.05) is 48.0 Å². The van der Waals surface area contributed by atoms with Gasteiger partial charge in [0.2, 0.25) is 0 Å². The fraction of sp³-hybridized carbons (Fsp3) is 0.455. The number of benzene rings is 2. The molecular weight excluding hydrogens is 308 g/mol. The Labute approximate surface area is 152 Å². The summed E-state index contributed by atoms with van der Waals surface area (Å²) in [5.41, 5.74) is 3.90. The van der Waals surface area contributed by atoms with Crippen LogP contribution in [0.15, 0.2) is 48.5 Å². The summed E-state index contributed by atoms with van der Waals surface area (Å²) < 4.78 is 6.14. The van der Waals surface area contributed by atoms with Crippen LogP contribution in [0, 0.1) is 6.92 Å². The summed E-state index contributed by atoms with van der Waals surface area (Å²) in [5.74, 6) is 1.04. The molecule has 25 heavy (non-hydrogen) atoms. The Kier molecular flexibility index (Phi) is 6.48. The van der Waals surface area contributed by atoms with Gasteiger partial charge in [0.15, 0.2) is 0 Å². The van der Waals surface area contributed by atoms with E-state index in [0.29, 0.717) is 0 Å². The van der Waals surface area contributed by atoms with Gasteiger partial charge >= 0.3 is 0 Å². The number of ether oxygens (including phenoxy) is 1. The van der Waals surface area contributed by atoms with Crippen molar-refractivity contribution in [2.45, 2.75) is 19.8 Å². The van der Waals surface area contributed by atoms with Crippen molar-refractivity contribution in [3.8, 4) is 5.75 Å². The van der Waals surface area contributed by atoms with Crippen molar-refractivity contribution in [2.24, 2.45) is 0 Å². The van der Waals surface area contributed by atoms with Crippen molar-refractivity contribution in [2.75, 3.05) is 46.4 Å². The van der Waals surface area contributed by atoms with E-state index in [4.69, 9.17) is 4.74 Å². The van der Waals surface area contributed by atoms with Gasteiger partial charge in [-0.2, -0.15) is 0 Å². The van der Waals surface area contributed by atoms with E-state index in [9.17, 15) is 0 Å². The molecule has 1 fully saturated rings. The molecule has 3 nitrogen and oxygen atoms in total. The second-order valence-corrected chi connectivity index (χ2v) is 7.12. The molecule has 1 saturated heterocycles. The van der Waals surface area contributed by atoms with Gasteiger partial charge in [0.25, 0.3) is 0 Å². The van der Waals surface area contributed by atoms with E-state index in [2.05, 4.69) is 72.3 Å². The van der Waals surface area contributed by atoms with Gasteiger partial charge in [-0.25, -0.2) is 0 Å².